The number of hydrogen-bond donors (Lipinski definition) is 1. The zero-order valence-electron chi connectivity index (χ0n) is 11.3. The predicted molar refractivity (Wildman–Crippen MR) is 81.8 cm³/mol. The highest BCUT2D eigenvalue weighted by atomic mass is 79.9. The third kappa shape index (κ3) is 3.24. The van der Waals surface area contributed by atoms with E-state index in [0.717, 1.165) is 6.54 Å². The van der Waals surface area contributed by atoms with Gasteiger partial charge in [0.25, 0.3) is 0 Å². The maximum Gasteiger partial charge on any atom is 0.0536 e. The Morgan fingerprint density at radius 3 is 2.78 bits per heavy atom. The fraction of sp³-hybridized carbons (Fsp3) is 0.500. The van der Waals surface area contributed by atoms with Gasteiger partial charge in [-0.15, -0.1) is 0 Å². The molecule has 0 amide bonds. The second kappa shape index (κ2) is 6.53. The van der Waals surface area contributed by atoms with Crippen LogP contribution < -0.4 is 5.32 Å². The Kier molecular flexibility index (Phi) is 5.02. The van der Waals surface area contributed by atoms with Gasteiger partial charge >= 0.3 is 0 Å². The molecule has 0 bridgehead atoms. The highest BCUT2D eigenvalue weighted by Gasteiger charge is 2.17. The monoisotopic (exact) mass is 307 g/mol. The van der Waals surface area contributed by atoms with E-state index in [1.54, 1.807) is 5.57 Å². The number of halogens is 1. The SMILES string of the molecule is CCNC(C1=CCCCC1)c1ccc(Br)c(C)c1. The Labute approximate surface area is 119 Å². The van der Waals surface area contributed by atoms with Crippen LogP contribution in [-0.4, -0.2) is 6.54 Å². The van der Waals surface area contributed by atoms with Crippen LogP contribution in [0.1, 0.15) is 49.8 Å². The van der Waals surface area contributed by atoms with Crippen LogP contribution in [0.4, 0.5) is 0 Å². The molecular formula is C16H22BrN. The summed E-state index contributed by atoms with van der Waals surface area (Å²) in [6.07, 6.45) is 7.61. The maximum atomic E-state index is 3.63. The maximum absolute atomic E-state index is 3.63. The summed E-state index contributed by atoms with van der Waals surface area (Å²) in [6, 6.07) is 7.10. The van der Waals surface area contributed by atoms with Crippen LogP contribution in [0, 0.1) is 6.92 Å². The van der Waals surface area contributed by atoms with Crippen molar-refractivity contribution in [1.29, 1.82) is 0 Å². The predicted octanol–water partition coefficient (Wildman–Crippen LogP) is 4.91. The molecule has 1 aliphatic carbocycles. The number of nitrogens with one attached hydrogen (secondary N) is 1. The van der Waals surface area contributed by atoms with Crippen molar-refractivity contribution in [3.8, 4) is 0 Å². The Hall–Kier alpha value is -0.600. The van der Waals surface area contributed by atoms with Gasteiger partial charge in [0, 0.05) is 4.47 Å². The van der Waals surface area contributed by atoms with Crippen LogP contribution in [0.5, 0.6) is 0 Å². The first-order valence-corrected chi connectivity index (χ1v) is 7.70. The molecule has 2 heteroatoms. The van der Waals surface area contributed by atoms with E-state index in [0.29, 0.717) is 6.04 Å². The minimum Gasteiger partial charge on any atom is -0.307 e. The summed E-state index contributed by atoms with van der Waals surface area (Å²) in [4.78, 5) is 0. The Morgan fingerprint density at radius 1 is 1.33 bits per heavy atom. The van der Waals surface area contributed by atoms with Crippen molar-refractivity contribution in [2.75, 3.05) is 6.54 Å². The second-order valence-corrected chi connectivity index (χ2v) is 5.88. The number of hydrogen-bond acceptors (Lipinski definition) is 1. The van der Waals surface area contributed by atoms with Crippen molar-refractivity contribution in [3.05, 3.63) is 45.4 Å². The van der Waals surface area contributed by atoms with Gasteiger partial charge in [0.15, 0.2) is 0 Å². The summed E-state index contributed by atoms with van der Waals surface area (Å²) in [5.41, 5.74) is 4.28. The molecule has 0 aliphatic heterocycles. The summed E-state index contributed by atoms with van der Waals surface area (Å²) >= 11 is 3.58. The lowest BCUT2D eigenvalue weighted by Gasteiger charge is -2.25. The van der Waals surface area contributed by atoms with Crippen molar-refractivity contribution in [1.82, 2.24) is 5.32 Å². The molecule has 1 aromatic carbocycles. The van der Waals surface area contributed by atoms with E-state index in [2.05, 4.69) is 59.4 Å². The lowest BCUT2D eigenvalue weighted by Crippen LogP contribution is -2.23. The summed E-state index contributed by atoms with van der Waals surface area (Å²) in [6.45, 7) is 5.35. The van der Waals surface area contributed by atoms with Gasteiger partial charge in [0.1, 0.15) is 0 Å². The fourth-order valence-corrected chi connectivity index (χ4v) is 2.89. The molecule has 98 valence electrons. The van der Waals surface area contributed by atoms with Crippen molar-refractivity contribution in [3.63, 3.8) is 0 Å². The molecule has 1 atom stereocenters. The average molecular weight is 308 g/mol. The normalized spacial score (nSPS) is 17.4. The summed E-state index contributed by atoms with van der Waals surface area (Å²) in [7, 11) is 0. The van der Waals surface area contributed by atoms with E-state index in [4.69, 9.17) is 0 Å². The van der Waals surface area contributed by atoms with Gasteiger partial charge in [-0.2, -0.15) is 0 Å². The van der Waals surface area contributed by atoms with Gasteiger partial charge in [-0.3, -0.25) is 0 Å². The molecule has 18 heavy (non-hydrogen) atoms. The van der Waals surface area contributed by atoms with E-state index in [1.807, 2.05) is 0 Å². The molecule has 0 aromatic heterocycles. The van der Waals surface area contributed by atoms with Crippen LogP contribution in [0.15, 0.2) is 34.3 Å². The second-order valence-electron chi connectivity index (χ2n) is 5.02. The Bertz CT molecular complexity index is 437. The third-order valence-corrected chi connectivity index (χ3v) is 4.51. The summed E-state index contributed by atoms with van der Waals surface area (Å²) in [5, 5.41) is 3.63. The van der Waals surface area contributed by atoms with E-state index >= 15 is 0 Å². The third-order valence-electron chi connectivity index (χ3n) is 3.62. The molecule has 1 nitrogen and oxygen atoms in total. The smallest absolute Gasteiger partial charge is 0.0536 e. The molecule has 1 aromatic rings. The van der Waals surface area contributed by atoms with E-state index < -0.39 is 0 Å². The van der Waals surface area contributed by atoms with E-state index in [-0.39, 0.29) is 0 Å². The van der Waals surface area contributed by atoms with Crippen molar-refractivity contribution < 1.29 is 0 Å². The first-order chi connectivity index (χ1) is 8.72. The number of benzene rings is 1. The standard InChI is InChI=1S/C16H22BrN/c1-3-18-16(13-7-5-4-6-8-13)14-9-10-15(17)12(2)11-14/h7,9-11,16,18H,3-6,8H2,1-2H3. The average Bonchev–Trinajstić information content (AvgIpc) is 2.40. The minimum absolute atomic E-state index is 0.405. The number of allylic oxidation sites excluding steroid dienone is 1. The summed E-state index contributed by atoms with van der Waals surface area (Å²) < 4.78 is 1.19. The van der Waals surface area contributed by atoms with Crippen molar-refractivity contribution >= 4 is 15.9 Å². The molecule has 1 unspecified atom stereocenters. The zero-order valence-corrected chi connectivity index (χ0v) is 12.9. The van der Waals surface area contributed by atoms with Gasteiger partial charge in [0.2, 0.25) is 0 Å². The fourth-order valence-electron chi connectivity index (χ4n) is 2.64. The molecule has 1 aliphatic rings. The number of rotatable bonds is 4. The van der Waals surface area contributed by atoms with Crippen LogP contribution in [0.2, 0.25) is 0 Å². The number of aryl methyl sites for hydroxylation is 1. The molecule has 0 heterocycles. The van der Waals surface area contributed by atoms with Crippen molar-refractivity contribution in [2.45, 2.75) is 45.6 Å². The van der Waals surface area contributed by atoms with E-state index in [1.165, 1.54) is 41.3 Å². The molecular weight excluding hydrogens is 286 g/mol. The van der Waals surface area contributed by atoms with Gasteiger partial charge in [-0.25, -0.2) is 0 Å². The van der Waals surface area contributed by atoms with Crippen LogP contribution in [-0.2, 0) is 0 Å². The van der Waals surface area contributed by atoms with E-state index in [9.17, 15) is 0 Å². The molecule has 0 radical (unpaired) electrons. The van der Waals surface area contributed by atoms with Gasteiger partial charge in [0.05, 0.1) is 6.04 Å². The van der Waals surface area contributed by atoms with Crippen LogP contribution >= 0.6 is 15.9 Å². The van der Waals surface area contributed by atoms with Gasteiger partial charge in [-0.05, 0) is 56.3 Å². The zero-order chi connectivity index (χ0) is 13.0. The lowest BCUT2D eigenvalue weighted by molar-refractivity contribution is 0.563. The van der Waals surface area contributed by atoms with Crippen molar-refractivity contribution in [2.24, 2.45) is 0 Å². The summed E-state index contributed by atoms with van der Waals surface area (Å²) in [5.74, 6) is 0. The number of likely N-dealkylation sites (N-methyl/N-ethyl adjacent to an activating group) is 1. The molecule has 2 rings (SSSR count). The van der Waals surface area contributed by atoms with Crippen LogP contribution in [0.25, 0.3) is 0 Å². The molecule has 0 spiro atoms. The molecule has 0 saturated carbocycles. The lowest BCUT2D eigenvalue weighted by atomic mass is 9.89. The molecule has 0 fully saturated rings. The Morgan fingerprint density at radius 2 is 2.17 bits per heavy atom. The topological polar surface area (TPSA) is 12.0 Å². The molecule has 1 N–H and O–H groups in total. The molecule has 0 saturated heterocycles. The Balaban J connectivity index is 2.28. The minimum atomic E-state index is 0.405. The highest BCUT2D eigenvalue weighted by molar-refractivity contribution is 9.10. The van der Waals surface area contributed by atoms with Crippen LogP contribution in [0.3, 0.4) is 0 Å². The largest absolute Gasteiger partial charge is 0.307 e. The highest BCUT2D eigenvalue weighted by Crippen LogP contribution is 2.31. The quantitative estimate of drug-likeness (QED) is 0.779. The first-order valence-electron chi connectivity index (χ1n) is 6.90. The first kappa shape index (κ1) is 13.8. The van der Waals surface area contributed by atoms with Gasteiger partial charge < -0.3 is 5.32 Å². The van der Waals surface area contributed by atoms with Gasteiger partial charge in [-0.1, -0.05) is 46.6 Å².